The Morgan fingerprint density at radius 2 is 0.918 bits per heavy atom. The van der Waals surface area contributed by atoms with E-state index < -0.39 is 203 Å². The van der Waals surface area contributed by atoms with Gasteiger partial charge in [-0.25, -0.2) is 4.79 Å². The lowest BCUT2D eigenvalue weighted by Gasteiger charge is -2.28. The minimum Gasteiger partial charge on any atom is -0.475 e. The highest BCUT2D eigenvalue weighted by atomic mass is 32.2. The van der Waals surface area contributed by atoms with E-state index in [2.05, 4.69) is 90.0 Å². The van der Waals surface area contributed by atoms with Crippen LogP contribution in [0.5, 0.6) is 0 Å². The second-order valence-corrected chi connectivity index (χ2v) is 30.4. The van der Waals surface area contributed by atoms with Crippen molar-refractivity contribution in [3.63, 3.8) is 0 Å². The van der Waals surface area contributed by atoms with Crippen LogP contribution in [-0.2, 0) is 72.4 Å². The number of azo groups is 1. The summed E-state index contributed by atoms with van der Waals surface area (Å²) in [6, 6.07) is 7.31. The zero-order valence-corrected chi connectivity index (χ0v) is 69.5. The highest BCUT2D eigenvalue weighted by Gasteiger charge is 2.39. The van der Waals surface area contributed by atoms with Crippen LogP contribution in [0.15, 0.2) is 100 Å². The van der Waals surface area contributed by atoms with Crippen LogP contribution >= 0.6 is 0 Å². The smallest absolute Gasteiger partial charge is 0.475 e. The molecule has 0 saturated carbocycles. The van der Waals surface area contributed by atoms with E-state index in [0.717, 1.165) is 12.6 Å². The van der Waals surface area contributed by atoms with E-state index in [9.17, 15) is 98.7 Å². The quantitative estimate of drug-likeness (QED) is 0.00733. The third kappa shape index (κ3) is 36.3. The molecule has 0 heterocycles. The number of aliphatic hydroxyl groups excluding tert-OH is 2. The monoisotopic (exact) mass is 1740 g/mol. The summed E-state index contributed by atoms with van der Waals surface area (Å²) in [6.45, 7) is 9.55. The predicted molar refractivity (Wildman–Crippen MR) is 439 cm³/mol. The number of fused-ring (bicyclic) bond motifs is 1. The number of carbonyl (C=O) groups is 14. The highest BCUT2D eigenvalue weighted by Crippen LogP contribution is 2.29. The number of nitrogens with zero attached hydrogens (tertiary/aromatic N) is 3. The van der Waals surface area contributed by atoms with Gasteiger partial charge in [0.15, 0.2) is 11.9 Å². The van der Waals surface area contributed by atoms with Gasteiger partial charge in [-0.2, -0.15) is 31.8 Å². The third-order valence-corrected chi connectivity index (χ3v) is 18.5. The number of nitrogens with one attached hydrogen (secondary N) is 17. The molecule has 0 fully saturated rings. The van der Waals surface area contributed by atoms with Crippen molar-refractivity contribution < 1.29 is 109 Å². The maximum atomic E-state index is 14.1. The van der Waals surface area contributed by atoms with Crippen molar-refractivity contribution in [3.8, 4) is 0 Å². The fourth-order valence-corrected chi connectivity index (χ4v) is 11.8. The number of hydrogen-bond acceptors (Lipinski definition) is 24. The second kappa shape index (κ2) is 50.2. The normalized spacial score (nSPS) is 13.8. The van der Waals surface area contributed by atoms with E-state index in [1.807, 2.05) is 31.1 Å². The molecule has 0 spiro atoms. The molecule has 13 amide bonds. The number of carbonyl (C=O) groups excluding carboxylic acids is 13. The molecular weight excluding hydrogens is 1630 g/mol. The van der Waals surface area contributed by atoms with Gasteiger partial charge in [0.25, 0.3) is 16.0 Å². The standard InChI is InChI=1S/C73H109N23O18S.C2HF3O2/c1-38(2)33-52(66(106)84-41(7)61(101)80-32-31-79-49-17-11-16-48-47(49)15-12-20-56(48)115(112,113)114)88-65(105)51(19-14-30-82-73(77)78)87-68(108)55(37-98)91-69(109)54(36-97)90-62(102)42(8)85-67(107)53(34-57(74)99)89-70(110)60(40(5)6)93-71(111)59(39(3)4)92-58(100)35-83-64(104)50(18-13-29-81-72(75)76)86-63(103)43-21-23-44(24-22-43)94-95-45-25-27-46(28-26-45)96(9)10;3-2(4,5)1(6)7/h11-12,15-17,20-28,38-42,50-55,59-60,79,97-98H,13-14,18-19,29-37H2,1-10H3,(H2,74,99)(H,80,101)(H,83,104)(H,84,106)(H,85,107)(H,86,103)(H,87,108)(H,88,105)(H,89,110)(H,90,102)(H,91,109)(H,92,100)(H,93,111)(H4,75,76,81)(H4,77,78,82)(H,112,113,114);(H,6,7)/t41-,42-,50-,51-,52-,53-,54-,55-,59-,60-;/m0./s1. The number of hydrogen-bond donors (Lipinski definition) is 24. The van der Waals surface area contributed by atoms with E-state index in [0.29, 0.717) is 22.4 Å². The van der Waals surface area contributed by atoms with Crippen molar-refractivity contribution in [3.05, 3.63) is 90.5 Å². The average Bonchev–Trinajstić information content (AvgIpc) is 0.783. The molecule has 10 atom stereocenters. The molecule has 27 N–H and O–H groups in total. The average molecular weight is 1740 g/mol. The van der Waals surface area contributed by atoms with E-state index in [1.165, 1.54) is 51.1 Å². The largest absolute Gasteiger partial charge is 0.490 e. The number of aliphatic carboxylic acids is 1. The Kier molecular flexibility index (Phi) is 42.5. The topological polar surface area (TPSA) is 688 Å². The van der Waals surface area contributed by atoms with Crippen molar-refractivity contribution in [2.24, 2.45) is 45.2 Å². The number of anilines is 2. The second-order valence-electron chi connectivity index (χ2n) is 29.0. The molecule has 43 nitrogen and oxygen atoms in total. The van der Waals surface area contributed by atoms with Gasteiger partial charge in [-0.15, -0.1) is 0 Å². The van der Waals surface area contributed by atoms with Crippen LogP contribution in [0.4, 0.5) is 35.9 Å². The fraction of sp³-hybridized carbons (Fsp3) is 0.493. The van der Waals surface area contributed by atoms with Crippen LogP contribution in [0.2, 0.25) is 0 Å². The molecule has 122 heavy (non-hydrogen) atoms. The van der Waals surface area contributed by atoms with Gasteiger partial charge in [-0.05, 0) is 124 Å². The van der Waals surface area contributed by atoms with E-state index in [4.69, 9.17) is 37.9 Å². The molecule has 672 valence electrons. The lowest BCUT2D eigenvalue weighted by molar-refractivity contribution is -0.192. The van der Waals surface area contributed by atoms with Gasteiger partial charge in [0.05, 0.1) is 37.6 Å². The Labute approximate surface area is 700 Å². The molecule has 0 unspecified atom stereocenters. The number of guanidine groups is 2. The van der Waals surface area contributed by atoms with Gasteiger partial charge in [-0.3, -0.25) is 77.7 Å². The van der Waals surface area contributed by atoms with Crippen molar-refractivity contribution in [2.45, 2.75) is 165 Å². The number of benzene rings is 4. The molecular formula is C75H110F3N23O20S. The maximum Gasteiger partial charge on any atom is 0.490 e. The SMILES string of the molecule is CC(C)C[C@H](NC(=O)[C@H](CCCNC(=N)N)NC(=O)[C@H](CO)NC(=O)[C@H](CO)NC(=O)[C@H](C)NC(=O)[C@H](CC(N)=O)NC(=O)[C@@H](NC(=O)[C@@H](NC(=O)CNC(=O)[C@H](CCCNC(=N)N)NC(=O)c1ccc(N=Nc2ccc(N(C)C)cc2)cc1)C(C)C)C(C)C)C(=O)N[C@@H](C)C(=O)NCCNc1cccc2c(S(=O)(=O)O)cccc12.O=C(O)C(F)(F)F. The van der Waals surface area contributed by atoms with Crippen molar-refractivity contribution >= 4 is 138 Å². The summed E-state index contributed by atoms with van der Waals surface area (Å²) in [7, 11) is -0.721. The number of halogens is 3. The van der Waals surface area contributed by atoms with E-state index >= 15 is 0 Å². The van der Waals surface area contributed by atoms with Crippen molar-refractivity contribution in [2.75, 3.05) is 70.2 Å². The number of aliphatic hydroxyl groups is 2. The predicted octanol–water partition coefficient (Wildman–Crippen LogP) is -2.21. The Bertz CT molecular complexity index is 4470. The van der Waals surface area contributed by atoms with Gasteiger partial charge in [-0.1, -0.05) is 65.8 Å². The first-order valence-electron chi connectivity index (χ1n) is 38.2. The Morgan fingerprint density at radius 1 is 0.484 bits per heavy atom. The first-order chi connectivity index (χ1) is 57.1. The number of carboxylic acid groups (broad SMARTS) is 1. The summed E-state index contributed by atoms with van der Waals surface area (Å²) in [4.78, 5) is 188. The summed E-state index contributed by atoms with van der Waals surface area (Å²) in [6.07, 6.45) is -5.81. The Balaban J connectivity index is 0.00000524. The maximum absolute atomic E-state index is 14.1. The highest BCUT2D eigenvalue weighted by molar-refractivity contribution is 7.86. The molecule has 0 aromatic heterocycles. The fourth-order valence-electron chi connectivity index (χ4n) is 11.1. The first kappa shape index (κ1) is 103. The van der Waals surface area contributed by atoms with Gasteiger partial charge in [0.1, 0.15) is 65.3 Å². The van der Waals surface area contributed by atoms with Crippen LogP contribution in [0, 0.1) is 28.6 Å². The molecule has 0 bridgehead atoms. The minimum atomic E-state index is -5.08. The van der Waals surface area contributed by atoms with Gasteiger partial charge < -0.3 is 117 Å². The lowest BCUT2D eigenvalue weighted by Crippen LogP contribution is -2.61. The number of amides is 13. The van der Waals surface area contributed by atoms with E-state index in [-0.39, 0.29) is 86.0 Å². The zero-order valence-electron chi connectivity index (χ0n) is 68.7. The van der Waals surface area contributed by atoms with Crippen molar-refractivity contribution in [1.29, 1.82) is 10.8 Å². The number of rotatable bonds is 47. The van der Waals surface area contributed by atoms with Crippen LogP contribution in [0.3, 0.4) is 0 Å². The molecule has 0 aliphatic rings. The van der Waals surface area contributed by atoms with Gasteiger partial charge in [0, 0.05) is 68.0 Å². The van der Waals surface area contributed by atoms with Crippen LogP contribution < -0.4 is 102 Å². The molecule has 0 aliphatic heterocycles. The number of primary amides is 1. The molecule has 4 aromatic carbocycles. The summed E-state index contributed by atoms with van der Waals surface area (Å²) >= 11 is 0. The Hall–Kier alpha value is -12.9. The molecule has 47 heteroatoms. The molecule has 0 saturated heterocycles. The van der Waals surface area contributed by atoms with Gasteiger partial charge in [0.2, 0.25) is 70.9 Å². The molecule has 0 aliphatic carbocycles. The molecule has 0 radical (unpaired) electrons. The summed E-state index contributed by atoms with van der Waals surface area (Å²) < 4.78 is 65.4. The number of nitrogens with two attached hydrogens (primary N) is 3. The molecule has 4 rings (SSSR count). The molecule has 4 aromatic rings. The van der Waals surface area contributed by atoms with Crippen LogP contribution in [-0.4, -0.2) is 250 Å². The zero-order chi connectivity index (χ0) is 92.1. The number of carboxylic acids is 1. The third-order valence-electron chi connectivity index (χ3n) is 17.6. The minimum absolute atomic E-state index is 0.0141. The lowest BCUT2D eigenvalue weighted by atomic mass is 9.99. The van der Waals surface area contributed by atoms with Gasteiger partial charge >= 0.3 is 12.1 Å². The summed E-state index contributed by atoms with van der Waals surface area (Å²) in [5.41, 5.74) is 19.0. The van der Waals surface area contributed by atoms with Crippen molar-refractivity contribution in [1.82, 2.24) is 74.4 Å². The summed E-state index contributed by atoms with van der Waals surface area (Å²) in [5.74, 6) is -17.6. The van der Waals surface area contributed by atoms with Crippen LogP contribution in [0.1, 0.15) is 104 Å². The first-order valence-corrected chi connectivity index (χ1v) is 39.6. The number of alkyl halides is 3. The Morgan fingerprint density at radius 3 is 1.40 bits per heavy atom. The summed E-state index contributed by atoms with van der Waals surface area (Å²) in [5, 5.41) is 89.7. The van der Waals surface area contributed by atoms with Crippen LogP contribution in [0.25, 0.3) is 10.8 Å². The van der Waals surface area contributed by atoms with E-state index in [1.54, 1.807) is 70.2 Å².